The van der Waals surface area contributed by atoms with Crippen LogP contribution in [0.5, 0.6) is 0 Å². The fourth-order valence-corrected chi connectivity index (χ4v) is 3.06. The maximum atomic E-state index is 11.6. The zero-order chi connectivity index (χ0) is 14.0. The van der Waals surface area contributed by atoms with Crippen LogP contribution < -0.4 is 0 Å². The molecule has 2 rings (SSSR count). The Balaban J connectivity index is 1.97. The molecular formula is C11H20N4O3S. The Bertz CT molecular complexity index is 528. The van der Waals surface area contributed by atoms with Crippen LogP contribution in [0.3, 0.4) is 0 Å². The highest BCUT2D eigenvalue weighted by atomic mass is 32.2. The van der Waals surface area contributed by atoms with Crippen molar-refractivity contribution in [2.24, 2.45) is 0 Å². The van der Waals surface area contributed by atoms with Crippen LogP contribution in [-0.4, -0.2) is 60.2 Å². The van der Waals surface area contributed by atoms with Crippen molar-refractivity contribution < 1.29 is 12.9 Å². The van der Waals surface area contributed by atoms with Crippen LogP contribution in [0.4, 0.5) is 0 Å². The number of likely N-dealkylation sites (N-methyl/N-ethyl adjacent to an activating group) is 1. The van der Waals surface area contributed by atoms with E-state index in [-0.39, 0.29) is 6.04 Å². The van der Waals surface area contributed by atoms with Crippen molar-refractivity contribution in [2.45, 2.75) is 32.4 Å². The molecule has 1 aliphatic rings. The fourth-order valence-electron chi connectivity index (χ4n) is 2.35. The van der Waals surface area contributed by atoms with Gasteiger partial charge in [0, 0.05) is 26.6 Å². The largest absolute Gasteiger partial charge is 0.340 e. The van der Waals surface area contributed by atoms with Crippen LogP contribution in [0, 0.1) is 6.92 Å². The van der Waals surface area contributed by atoms with Crippen molar-refractivity contribution in [2.75, 3.05) is 26.4 Å². The molecule has 108 valence electrons. The van der Waals surface area contributed by atoms with Crippen molar-refractivity contribution in [3.8, 4) is 0 Å². The predicted molar refractivity (Wildman–Crippen MR) is 69.9 cm³/mol. The second-order valence-electron chi connectivity index (χ2n) is 5.04. The maximum Gasteiger partial charge on any atom is 0.223 e. The van der Waals surface area contributed by atoms with Crippen LogP contribution in [0.15, 0.2) is 4.52 Å². The lowest BCUT2D eigenvalue weighted by Crippen LogP contribution is -2.47. The van der Waals surface area contributed by atoms with Crippen LogP contribution >= 0.6 is 0 Å². The Hall–Kier alpha value is -0.990. The maximum absolute atomic E-state index is 11.6. The first kappa shape index (κ1) is 14.4. The minimum atomic E-state index is -3.14. The lowest BCUT2D eigenvalue weighted by atomic mass is 10.1. The summed E-state index contributed by atoms with van der Waals surface area (Å²) in [7, 11) is -1.50. The molecule has 1 aliphatic heterocycles. The van der Waals surface area contributed by atoms with Crippen molar-refractivity contribution in [3.05, 3.63) is 11.7 Å². The molecule has 0 N–H and O–H groups in total. The highest BCUT2D eigenvalue weighted by Crippen LogP contribution is 2.18. The van der Waals surface area contributed by atoms with E-state index >= 15 is 0 Å². The molecule has 7 nitrogen and oxygen atoms in total. The van der Waals surface area contributed by atoms with Gasteiger partial charge < -0.3 is 4.52 Å². The number of rotatable bonds is 4. The highest BCUT2D eigenvalue weighted by Gasteiger charge is 2.28. The van der Waals surface area contributed by atoms with Gasteiger partial charge in [0.15, 0.2) is 5.82 Å². The number of likely N-dealkylation sites (tertiary alicyclic amines) is 1. The predicted octanol–water partition coefficient (Wildman–Crippen LogP) is 0.234. The quantitative estimate of drug-likeness (QED) is 0.789. The molecule has 0 saturated carbocycles. The average Bonchev–Trinajstić information content (AvgIpc) is 2.73. The van der Waals surface area contributed by atoms with Crippen LogP contribution in [0.25, 0.3) is 0 Å². The second-order valence-corrected chi connectivity index (χ2v) is 7.08. The van der Waals surface area contributed by atoms with E-state index in [0.29, 0.717) is 24.8 Å². The normalized spacial score (nSPS) is 22.0. The van der Waals surface area contributed by atoms with Gasteiger partial charge in [-0.3, -0.25) is 4.90 Å². The molecule has 0 aliphatic carbocycles. The Kier molecular flexibility index (Phi) is 4.22. The molecule has 0 aromatic carbocycles. The number of aromatic nitrogens is 2. The third-order valence-electron chi connectivity index (χ3n) is 3.45. The van der Waals surface area contributed by atoms with Gasteiger partial charge in [-0.2, -0.15) is 4.98 Å². The lowest BCUT2D eigenvalue weighted by molar-refractivity contribution is 0.149. The molecule has 1 unspecified atom stereocenters. The minimum Gasteiger partial charge on any atom is -0.340 e. The van der Waals surface area contributed by atoms with E-state index in [9.17, 15) is 8.42 Å². The van der Waals surface area contributed by atoms with Crippen LogP contribution in [0.2, 0.25) is 0 Å². The molecule has 0 amide bonds. The Morgan fingerprint density at radius 3 is 2.84 bits per heavy atom. The molecule has 0 spiro atoms. The van der Waals surface area contributed by atoms with Gasteiger partial charge in [0.05, 0.1) is 12.8 Å². The Morgan fingerprint density at radius 1 is 1.53 bits per heavy atom. The molecule has 1 aromatic heterocycles. The molecule has 1 aromatic rings. The van der Waals surface area contributed by atoms with E-state index in [1.165, 1.54) is 10.6 Å². The Labute approximate surface area is 113 Å². The molecular weight excluding hydrogens is 268 g/mol. The summed E-state index contributed by atoms with van der Waals surface area (Å²) in [4.78, 5) is 6.34. The van der Waals surface area contributed by atoms with E-state index in [2.05, 4.69) is 15.0 Å². The van der Waals surface area contributed by atoms with Gasteiger partial charge >= 0.3 is 0 Å². The molecule has 8 heteroatoms. The van der Waals surface area contributed by atoms with Gasteiger partial charge in [-0.1, -0.05) is 5.16 Å². The molecule has 1 saturated heterocycles. The number of aryl methyl sites for hydroxylation is 1. The molecule has 1 fully saturated rings. The second kappa shape index (κ2) is 5.56. The van der Waals surface area contributed by atoms with Gasteiger partial charge in [0.1, 0.15) is 0 Å². The van der Waals surface area contributed by atoms with Gasteiger partial charge in [-0.05, 0) is 19.4 Å². The number of hydrogen-bond acceptors (Lipinski definition) is 6. The van der Waals surface area contributed by atoms with Crippen LogP contribution in [0.1, 0.15) is 24.6 Å². The third-order valence-corrected chi connectivity index (χ3v) is 4.80. The van der Waals surface area contributed by atoms with Gasteiger partial charge in [0.2, 0.25) is 15.9 Å². The Morgan fingerprint density at radius 2 is 2.26 bits per heavy atom. The van der Waals surface area contributed by atoms with Crippen molar-refractivity contribution in [3.63, 3.8) is 0 Å². The summed E-state index contributed by atoms with van der Waals surface area (Å²) in [5, 5.41) is 3.87. The number of sulfonamides is 1. The molecule has 2 heterocycles. The van der Waals surface area contributed by atoms with E-state index < -0.39 is 10.0 Å². The SMILES string of the molecule is Cc1nc(CN2CCCC(N(C)S(C)(=O)=O)C2)no1. The zero-order valence-corrected chi connectivity index (χ0v) is 12.4. The lowest BCUT2D eigenvalue weighted by Gasteiger charge is -2.35. The number of nitrogens with zero attached hydrogens (tertiary/aromatic N) is 4. The zero-order valence-electron chi connectivity index (χ0n) is 11.5. The molecule has 19 heavy (non-hydrogen) atoms. The third kappa shape index (κ3) is 3.74. The summed E-state index contributed by atoms with van der Waals surface area (Å²) < 4.78 is 29.5. The highest BCUT2D eigenvalue weighted by molar-refractivity contribution is 7.88. The molecule has 0 radical (unpaired) electrons. The van der Waals surface area contributed by atoms with E-state index in [4.69, 9.17) is 4.52 Å². The summed E-state index contributed by atoms with van der Waals surface area (Å²) >= 11 is 0. The smallest absolute Gasteiger partial charge is 0.223 e. The van der Waals surface area contributed by atoms with Gasteiger partial charge in [-0.15, -0.1) is 0 Å². The molecule has 1 atom stereocenters. The summed E-state index contributed by atoms with van der Waals surface area (Å²) in [6, 6.07) is 0.0248. The first-order chi connectivity index (χ1) is 8.86. The van der Waals surface area contributed by atoms with Gasteiger partial charge in [0.25, 0.3) is 0 Å². The van der Waals surface area contributed by atoms with Crippen molar-refractivity contribution in [1.82, 2.24) is 19.3 Å². The first-order valence-corrected chi connectivity index (χ1v) is 8.15. The molecule has 0 bridgehead atoms. The summed E-state index contributed by atoms with van der Waals surface area (Å²) in [6.45, 7) is 4.00. The summed E-state index contributed by atoms with van der Waals surface area (Å²) in [5.41, 5.74) is 0. The van der Waals surface area contributed by atoms with Crippen molar-refractivity contribution in [1.29, 1.82) is 0 Å². The van der Waals surface area contributed by atoms with Crippen molar-refractivity contribution >= 4 is 10.0 Å². The first-order valence-electron chi connectivity index (χ1n) is 6.31. The minimum absolute atomic E-state index is 0.0248. The summed E-state index contributed by atoms with van der Waals surface area (Å²) in [6.07, 6.45) is 3.11. The number of piperidine rings is 1. The van der Waals surface area contributed by atoms with Crippen LogP contribution in [-0.2, 0) is 16.6 Å². The van der Waals surface area contributed by atoms with E-state index in [0.717, 1.165) is 19.4 Å². The number of hydrogen-bond donors (Lipinski definition) is 0. The average molecular weight is 288 g/mol. The van der Waals surface area contributed by atoms with E-state index in [1.54, 1.807) is 14.0 Å². The topological polar surface area (TPSA) is 79.5 Å². The summed E-state index contributed by atoms with van der Waals surface area (Å²) in [5.74, 6) is 1.21. The fraction of sp³-hybridized carbons (Fsp3) is 0.818. The van der Waals surface area contributed by atoms with E-state index in [1.807, 2.05) is 0 Å². The monoisotopic (exact) mass is 288 g/mol. The standard InChI is InChI=1S/C11H20N4O3S/c1-9-12-11(13-18-9)8-15-6-4-5-10(7-15)14(2)19(3,16)17/h10H,4-8H2,1-3H3. The van der Waals surface area contributed by atoms with Gasteiger partial charge in [-0.25, -0.2) is 12.7 Å².